The summed E-state index contributed by atoms with van der Waals surface area (Å²) in [5.74, 6) is 0.0399. The Morgan fingerprint density at radius 3 is 2.95 bits per heavy atom. The van der Waals surface area contributed by atoms with E-state index in [9.17, 15) is 4.79 Å². The molecule has 0 radical (unpaired) electrons. The minimum absolute atomic E-state index is 0.0399. The molecule has 20 heavy (non-hydrogen) atoms. The molecule has 1 aromatic carbocycles. The van der Waals surface area contributed by atoms with Crippen LogP contribution in [-0.4, -0.2) is 36.5 Å². The van der Waals surface area contributed by atoms with Gasteiger partial charge in [-0.05, 0) is 44.0 Å². The molecule has 0 aromatic heterocycles. The average Bonchev–Trinajstić information content (AvgIpc) is 2.45. The number of carbonyl (C=O) groups is 1. The maximum absolute atomic E-state index is 12.8. The number of nitrogens with zero attached hydrogens (tertiary/aromatic N) is 1. The Morgan fingerprint density at radius 2 is 2.35 bits per heavy atom. The zero-order valence-corrected chi connectivity index (χ0v) is 14.0. The zero-order valence-electron chi connectivity index (χ0n) is 11.7. The third kappa shape index (κ3) is 3.74. The normalized spacial score (nSPS) is 18.9. The molecule has 1 N–H and O–H groups in total. The van der Waals surface area contributed by atoms with Crippen LogP contribution in [0.2, 0.25) is 5.02 Å². The molecule has 1 aliphatic rings. The highest BCUT2D eigenvalue weighted by Crippen LogP contribution is 2.24. The molecule has 1 saturated heterocycles. The highest BCUT2D eigenvalue weighted by molar-refractivity contribution is 9.10. The average molecular weight is 360 g/mol. The van der Waals surface area contributed by atoms with E-state index < -0.39 is 0 Å². The van der Waals surface area contributed by atoms with Crippen molar-refractivity contribution < 1.29 is 4.79 Å². The molecule has 0 bridgehead atoms. The molecule has 3 nitrogen and oxygen atoms in total. The standard InChI is InChI=1S/C15H20BrClN2O/c1-2-8-19(12-4-3-7-18-10-12)15(20)13-6-5-11(16)9-14(13)17/h5-6,9,12,18H,2-4,7-8,10H2,1H3. The molecule has 1 amide bonds. The summed E-state index contributed by atoms with van der Waals surface area (Å²) in [7, 11) is 0. The van der Waals surface area contributed by atoms with Crippen LogP contribution in [0, 0.1) is 0 Å². The summed E-state index contributed by atoms with van der Waals surface area (Å²) in [6.07, 6.45) is 3.13. The van der Waals surface area contributed by atoms with E-state index in [-0.39, 0.29) is 11.9 Å². The Labute approximate surface area is 133 Å². The molecule has 1 fully saturated rings. The van der Waals surface area contributed by atoms with Gasteiger partial charge in [0.25, 0.3) is 5.91 Å². The Kier molecular flexibility index (Phi) is 5.87. The Bertz CT molecular complexity index is 475. The molecule has 1 heterocycles. The number of benzene rings is 1. The van der Waals surface area contributed by atoms with Crippen LogP contribution in [0.15, 0.2) is 22.7 Å². The lowest BCUT2D eigenvalue weighted by Crippen LogP contribution is -2.49. The summed E-state index contributed by atoms with van der Waals surface area (Å²) in [5, 5.41) is 3.88. The Balaban J connectivity index is 2.21. The van der Waals surface area contributed by atoms with E-state index in [1.165, 1.54) is 0 Å². The van der Waals surface area contributed by atoms with Crippen molar-refractivity contribution >= 4 is 33.4 Å². The van der Waals surface area contributed by atoms with Gasteiger partial charge in [0.1, 0.15) is 0 Å². The van der Waals surface area contributed by atoms with Gasteiger partial charge in [-0.25, -0.2) is 0 Å². The predicted molar refractivity (Wildman–Crippen MR) is 86.4 cm³/mol. The molecule has 0 spiro atoms. The van der Waals surface area contributed by atoms with Gasteiger partial charge < -0.3 is 10.2 Å². The second-order valence-electron chi connectivity index (χ2n) is 5.12. The molecular formula is C15H20BrClN2O. The van der Waals surface area contributed by atoms with Crippen molar-refractivity contribution in [2.75, 3.05) is 19.6 Å². The van der Waals surface area contributed by atoms with E-state index in [1.807, 2.05) is 11.0 Å². The lowest BCUT2D eigenvalue weighted by atomic mass is 10.0. The van der Waals surface area contributed by atoms with Crippen molar-refractivity contribution in [3.8, 4) is 0 Å². The lowest BCUT2D eigenvalue weighted by molar-refractivity contribution is 0.0649. The van der Waals surface area contributed by atoms with Crippen LogP contribution < -0.4 is 5.32 Å². The first-order chi connectivity index (χ1) is 9.63. The number of hydrogen-bond acceptors (Lipinski definition) is 2. The van der Waals surface area contributed by atoms with Crippen molar-refractivity contribution in [2.24, 2.45) is 0 Å². The zero-order chi connectivity index (χ0) is 14.5. The number of carbonyl (C=O) groups excluding carboxylic acids is 1. The van der Waals surface area contributed by atoms with Crippen LogP contribution in [-0.2, 0) is 0 Å². The van der Waals surface area contributed by atoms with Crippen molar-refractivity contribution in [2.45, 2.75) is 32.2 Å². The number of amides is 1. The summed E-state index contributed by atoms with van der Waals surface area (Å²) >= 11 is 9.58. The van der Waals surface area contributed by atoms with Gasteiger partial charge in [-0.1, -0.05) is 34.5 Å². The van der Waals surface area contributed by atoms with Gasteiger partial charge in [-0.3, -0.25) is 4.79 Å². The fraction of sp³-hybridized carbons (Fsp3) is 0.533. The molecule has 1 unspecified atom stereocenters. The van der Waals surface area contributed by atoms with E-state index in [0.29, 0.717) is 10.6 Å². The van der Waals surface area contributed by atoms with E-state index in [2.05, 4.69) is 28.2 Å². The minimum atomic E-state index is 0.0399. The highest BCUT2D eigenvalue weighted by Gasteiger charge is 2.26. The first-order valence-corrected chi connectivity index (χ1v) is 8.27. The van der Waals surface area contributed by atoms with E-state index >= 15 is 0 Å². The second kappa shape index (κ2) is 7.43. The van der Waals surface area contributed by atoms with Crippen LogP contribution in [0.4, 0.5) is 0 Å². The fourth-order valence-corrected chi connectivity index (χ4v) is 3.36. The quantitative estimate of drug-likeness (QED) is 0.889. The largest absolute Gasteiger partial charge is 0.334 e. The van der Waals surface area contributed by atoms with Gasteiger partial charge in [0.2, 0.25) is 0 Å². The minimum Gasteiger partial charge on any atom is -0.334 e. The van der Waals surface area contributed by atoms with E-state index in [4.69, 9.17) is 11.6 Å². The molecule has 110 valence electrons. The summed E-state index contributed by atoms with van der Waals surface area (Å²) in [5.41, 5.74) is 0.592. The van der Waals surface area contributed by atoms with Crippen molar-refractivity contribution in [3.63, 3.8) is 0 Å². The molecule has 1 aliphatic heterocycles. The van der Waals surface area contributed by atoms with Gasteiger partial charge >= 0.3 is 0 Å². The van der Waals surface area contributed by atoms with Crippen LogP contribution >= 0.6 is 27.5 Å². The second-order valence-corrected chi connectivity index (χ2v) is 6.45. The first kappa shape index (κ1) is 15.8. The third-order valence-electron chi connectivity index (χ3n) is 3.60. The third-order valence-corrected chi connectivity index (χ3v) is 4.40. The Morgan fingerprint density at radius 1 is 1.55 bits per heavy atom. The molecule has 5 heteroatoms. The fourth-order valence-electron chi connectivity index (χ4n) is 2.61. The number of nitrogens with one attached hydrogen (secondary N) is 1. The smallest absolute Gasteiger partial charge is 0.255 e. The van der Waals surface area contributed by atoms with Crippen LogP contribution in [0.1, 0.15) is 36.5 Å². The van der Waals surface area contributed by atoms with Crippen LogP contribution in [0.25, 0.3) is 0 Å². The summed E-state index contributed by atoms with van der Waals surface area (Å²) in [6, 6.07) is 5.71. The highest BCUT2D eigenvalue weighted by atomic mass is 79.9. The summed E-state index contributed by atoms with van der Waals surface area (Å²) in [6.45, 7) is 4.79. The van der Waals surface area contributed by atoms with Crippen molar-refractivity contribution in [1.82, 2.24) is 10.2 Å². The molecule has 0 aliphatic carbocycles. The molecule has 1 atom stereocenters. The van der Waals surface area contributed by atoms with E-state index in [1.54, 1.807) is 12.1 Å². The van der Waals surface area contributed by atoms with Gasteiger partial charge in [0, 0.05) is 23.6 Å². The first-order valence-electron chi connectivity index (χ1n) is 7.10. The summed E-state index contributed by atoms with van der Waals surface area (Å²) in [4.78, 5) is 14.7. The number of rotatable bonds is 4. The SMILES string of the molecule is CCCN(C(=O)c1ccc(Br)cc1Cl)C1CCCNC1. The van der Waals surface area contributed by atoms with Crippen molar-refractivity contribution in [3.05, 3.63) is 33.3 Å². The lowest BCUT2D eigenvalue weighted by Gasteiger charge is -2.35. The Hall–Kier alpha value is -0.580. The monoisotopic (exact) mass is 358 g/mol. The van der Waals surface area contributed by atoms with Crippen molar-refractivity contribution in [1.29, 1.82) is 0 Å². The topological polar surface area (TPSA) is 32.3 Å². The summed E-state index contributed by atoms with van der Waals surface area (Å²) < 4.78 is 0.889. The molecule has 0 saturated carbocycles. The van der Waals surface area contributed by atoms with Gasteiger partial charge in [0.15, 0.2) is 0 Å². The predicted octanol–water partition coefficient (Wildman–Crippen LogP) is 3.71. The van der Waals surface area contributed by atoms with Crippen LogP contribution in [0.5, 0.6) is 0 Å². The maximum Gasteiger partial charge on any atom is 0.255 e. The van der Waals surface area contributed by atoms with Gasteiger partial charge in [-0.2, -0.15) is 0 Å². The molecule has 2 rings (SSSR count). The van der Waals surface area contributed by atoms with E-state index in [0.717, 1.165) is 43.4 Å². The number of piperidine rings is 1. The van der Waals surface area contributed by atoms with Gasteiger partial charge in [0.05, 0.1) is 10.6 Å². The number of halogens is 2. The maximum atomic E-state index is 12.8. The van der Waals surface area contributed by atoms with Crippen LogP contribution in [0.3, 0.4) is 0 Å². The number of hydrogen-bond donors (Lipinski definition) is 1. The molecule has 1 aromatic rings. The molecular weight excluding hydrogens is 340 g/mol. The van der Waals surface area contributed by atoms with Gasteiger partial charge in [-0.15, -0.1) is 0 Å².